The number of nitrogens with zero attached hydrogens (tertiary/aromatic N) is 3. The van der Waals surface area contributed by atoms with Gasteiger partial charge in [0.15, 0.2) is 5.65 Å². The maximum Gasteiger partial charge on any atom is 0.320 e. The SMILES string of the molecule is C[C@@H]1[C@@H](CO)C[C@@H](OCc2cccc(-c3cnc4ccc(NC(=O)N[C@H](C)CCCc5ccccc5)nc4n3)c2)[C@H](O)[C@H]1O. The summed E-state index contributed by atoms with van der Waals surface area (Å²) in [4.78, 5) is 26.4. The molecule has 0 radical (unpaired) electrons. The van der Waals surface area contributed by atoms with Crippen LogP contribution in [0.25, 0.3) is 22.4 Å². The number of aryl methyl sites for hydroxylation is 1. The van der Waals surface area contributed by atoms with Crippen LogP contribution in [0, 0.1) is 11.8 Å². The van der Waals surface area contributed by atoms with Crippen molar-refractivity contribution in [2.45, 2.75) is 70.5 Å². The number of pyridine rings is 1. The van der Waals surface area contributed by atoms with Gasteiger partial charge in [0.2, 0.25) is 0 Å². The molecule has 1 saturated carbocycles. The van der Waals surface area contributed by atoms with Crippen LogP contribution in [0.2, 0.25) is 0 Å². The minimum absolute atomic E-state index is 0.00734. The van der Waals surface area contributed by atoms with E-state index in [2.05, 4.69) is 32.7 Å². The number of hydrogen-bond donors (Lipinski definition) is 5. The molecule has 0 spiro atoms. The number of ether oxygens (including phenoxy) is 1. The Balaban J connectivity index is 1.18. The highest BCUT2D eigenvalue weighted by Crippen LogP contribution is 2.32. The summed E-state index contributed by atoms with van der Waals surface area (Å²) in [6, 6.07) is 21.1. The van der Waals surface area contributed by atoms with Gasteiger partial charge >= 0.3 is 6.03 Å². The van der Waals surface area contributed by atoms with E-state index in [4.69, 9.17) is 9.72 Å². The highest BCUT2D eigenvalue weighted by molar-refractivity contribution is 5.89. The molecule has 0 unspecified atom stereocenters. The zero-order valence-corrected chi connectivity index (χ0v) is 25.1. The van der Waals surface area contributed by atoms with Gasteiger partial charge in [-0.3, -0.25) is 10.3 Å². The molecule has 0 bridgehead atoms. The highest BCUT2D eigenvalue weighted by atomic mass is 16.5. The molecule has 232 valence electrons. The van der Waals surface area contributed by atoms with Crippen LogP contribution in [0.4, 0.5) is 10.6 Å². The summed E-state index contributed by atoms with van der Waals surface area (Å²) in [6.45, 7) is 3.98. The number of urea groups is 1. The molecule has 4 aromatic rings. The molecule has 10 nitrogen and oxygen atoms in total. The summed E-state index contributed by atoms with van der Waals surface area (Å²) < 4.78 is 6.00. The average molecular weight is 600 g/mol. The van der Waals surface area contributed by atoms with Crippen molar-refractivity contribution >= 4 is 23.0 Å². The van der Waals surface area contributed by atoms with Crippen LogP contribution < -0.4 is 10.6 Å². The Morgan fingerprint density at radius 3 is 2.61 bits per heavy atom. The van der Waals surface area contributed by atoms with Gasteiger partial charge in [-0.1, -0.05) is 55.5 Å². The second kappa shape index (κ2) is 14.7. The fraction of sp³-hybridized carbons (Fsp3) is 0.412. The zero-order valence-electron chi connectivity index (χ0n) is 25.1. The van der Waals surface area contributed by atoms with Crippen molar-refractivity contribution in [3.05, 3.63) is 84.1 Å². The molecule has 5 N–H and O–H groups in total. The standard InChI is InChI=1S/C34H41N5O5/c1-21(8-6-11-23-9-4-3-5-10-23)36-34(43)39-30-15-14-27-33(38-30)37-28(18-35-27)25-13-7-12-24(16-25)20-44-29-17-26(19-40)22(2)31(41)32(29)42/h3-5,7,9-10,12-16,18,21-22,26,29,31-32,40-42H,6,8,11,17,19-20H2,1-2H3,(H2,36,37,38,39,43)/t21-,22-,26-,29-,31+,32+/m1/s1. The quantitative estimate of drug-likeness (QED) is 0.169. The van der Waals surface area contributed by atoms with Crippen LogP contribution in [-0.2, 0) is 17.8 Å². The number of carbonyl (C=O) groups excluding carboxylic acids is 1. The lowest BCUT2D eigenvalue weighted by Crippen LogP contribution is -2.51. The molecule has 2 aromatic heterocycles. The smallest absolute Gasteiger partial charge is 0.320 e. The van der Waals surface area contributed by atoms with E-state index in [9.17, 15) is 20.1 Å². The number of amides is 2. The van der Waals surface area contributed by atoms with E-state index in [1.165, 1.54) is 5.56 Å². The molecule has 0 saturated heterocycles. The van der Waals surface area contributed by atoms with E-state index >= 15 is 0 Å². The zero-order chi connectivity index (χ0) is 31.1. The molecule has 1 aliphatic rings. The van der Waals surface area contributed by atoms with Crippen molar-refractivity contribution < 1.29 is 24.9 Å². The van der Waals surface area contributed by atoms with E-state index in [-0.39, 0.29) is 37.1 Å². The molecule has 1 aliphatic carbocycles. The van der Waals surface area contributed by atoms with Crippen LogP contribution in [0.3, 0.4) is 0 Å². The fourth-order valence-electron chi connectivity index (χ4n) is 5.71. The molecule has 44 heavy (non-hydrogen) atoms. The minimum atomic E-state index is -1.01. The molecule has 6 atom stereocenters. The van der Waals surface area contributed by atoms with Gasteiger partial charge in [-0.25, -0.2) is 14.8 Å². The Hall–Kier alpha value is -3.96. The average Bonchev–Trinajstić information content (AvgIpc) is 3.03. The van der Waals surface area contributed by atoms with Crippen molar-refractivity contribution in [3.63, 3.8) is 0 Å². The first-order valence-electron chi connectivity index (χ1n) is 15.2. The lowest BCUT2D eigenvalue weighted by atomic mass is 9.76. The van der Waals surface area contributed by atoms with Crippen LogP contribution in [0.5, 0.6) is 0 Å². The molecule has 2 amide bonds. The maximum absolute atomic E-state index is 12.6. The third-order valence-corrected chi connectivity index (χ3v) is 8.44. The third-order valence-electron chi connectivity index (χ3n) is 8.44. The van der Waals surface area contributed by atoms with Gasteiger partial charge in [0.25, 0.3) is 0 Å². The monoisotopic (exact) mass is 599 g/mol. The number of hydrogen-bond acceptors (Lipinski definition) is 8. The first-order valence-corrected chi connectivity index (χ1v) is 15.2. The molecule has 10 heteroatoms. The first kappa shape index (κ1) is 31.5. The van der Waals surface area contributed by atoms with Gasteiger partial charge in [-0.15, -0.1) is 0 Å². The summed E-state index contributed by atoms with van der Waals surface area (Å²) in [7, 11) is 0. The number of anilines is 1. The van der Waals surface area contributed by atoms with Gasteiger partial charge in [-0.2, -0.15) is 0 Å². The van der Waals surface area contributed by atoms with Gasteiger partial charge < -0.3 is 25.4 Å². The van der Waals surface area contributed by atoms with E-state index in [0.717, 1.165) is 30.4 Å². The lowest BCUT2D eigenvalue weighted by molar-refractivity contribution is -0.156. The van der Waals surface area contributed by atoms with Crippen molar-refractivity contribution in [2.24, 2.45) is 11.8 Å². The first-order chi connectivity index (χ1) is 21.3. The fourth-order valence-corrected chi connectivity index (χ4v) is 5.71. The molecular formula is C34H41N5O5. The Morgan fingerprint density at radius 1 is 1.02 bits per heavy atom. The van der Waals surface area contributed by atoms with E-state index in [1.54, 1.807) is 18.3 Å². The number of aliphatic hydroxyl groups is 3. The Morgan fingerprint density at radius 2 is 1.82 bits per heavy atom. The number of nitrogens with one attached hydrogen (secondary N) is 2. The van der Waals surface area contributed by atoms with Crippen molar-refractivity contribution in [2.75, 3.05) is 11.9 Å². The lowest BCUT2D eigenvalue weighted by Gasteiger charge is -2.40. The van der Waals surface area contributed by atoms with E-state index in [0.29, 0.717) is 29.1 Å². The Kier molecular flexibility index (Phi) is 10.5. The number of aromatic nitrogens is 3. The predicted molar refractivity (Wildman–Crippen MR) is 169 cm³/mol. The minimum Gasteiger partial charge on any atom is -0.396 e. The second-order valence-electron chi connectivity index (χ2n) is 11.7. The number of aliphatic hydroxyl groups excluding tert-OH is 3. The van der Waals surface area contributed by atoms with Crippen LogP contribution in [0.15, 0.2) is 72.9 Å². The highest BCUT2D eigenvalue weighted by Gasteiger charge is 2.41. The summed E-state index contributed by atoms with van der Waals surface area (Å²) in [5, 5.41) is 36.3. The summed E-state index contributed by atoms with van der Waals surface area (Å²) in [5.74, 6) is 0.0368. The van der Waals surface area contributed by atoms with Crippen LogP contribution >= 0.6 is 0 Å². The topological polar surface area (TPSA) is 150 Å². The van der Waals surface area contributed by atoms with E-state index in [1.807, 2.05) is 56.3 Å². The predicted octanol–water partition coefficient (Wildman–Crippen LogP) is 4.48. The van der Waals surface area contributed by atoms with Crippen LogP contribution in [0.1, 0.15) is 44.2 Å². The van der Waals surface area contributed by atoms with Gasteiger partial charge in [0, 0.05) is 18.2 Å². The van der Waals surface area contributed by atoms with Gasteiger partial charge in [0.05, 0.1) is 30.7 Å². The van der Waals surface area contributed by atoms with Crippen molar-refractivity contribution in [1.29, 1.82) is 0 Å². The third kappa shape index (κ3) is 7.95. The van der Waals surface area contributed by atoms with Crippen LogP contribution in [-0.4, -0.2) is 67.3 Å². The molecule has 0 aliphatic heterocycles. The van der Waals surface area contributed by atoms with Crippen molar-refractivity contribution in [1.82, 2.24) is 20.3 Å². The number of fused-ring (bicyclic) bond motifs is 1. The maximum atomic E-state index is 12.6. The molecule has 5 rings (SSSR count). The van der Waals surface area contributed by atoms with Crippen molar-refractivity contribution in [3.8, 4) is 11.3 Å². The number of benzene rings is 2. The Labute approximate surface area is 257 Å². The molecule has 1 fully saturated rings. The van der Waals surface area contributed by atoms with E-state index < -0.39 is 18.3 Å². The second-order valence-corrected chi connectivity index (χ2v) is 11.7. The molecule has 2 aromatic carbocycles. The largest absolute Gasteiger partial charge is 0.396 e. The number of carbonyl (C=O) groups is 1. The normalized spacial score (nSPS) is 22.4. The summed E-state index contributed by atoms with van der Waals surface area (Å²) in [5.41, 5.74) is 4.59. The summed E-state index contributed by atoms with van der Waals surface area (Å²) >= 11 is 0. The van der Waals surface area contributed by atoms with Gasteiger partial charge in [0.1, 0.15) is 17.4 Å². The molecular weight excluding hydrogens is 558 g/mol. The summed E-state index contributed by atoms with van der Waals surface area (Å²) in [6.07, 6.45) is 2.41. The number of rotatable bonds is 11. The Bertz CT molecular complexity index is 1540. The van der Waals surface area contributed by atoms with Gasteiger partial charge in [-0.05, 0) is 73.8 Å². The molecule has 2 heterocycles.